The lowest BCUT2D eigenvalue weighted by atomic mass is 9.96. The van der Waals surface area contributed by atoms with Gasteiger partial charge in [0.2, 0.25) is 0 Å². The van der Waals surface area contributed by atoms with Crippen LogP contribution in [0.5, 0.6) is 0 Å². The van der Waals surface area contributed by atoms with Crippen molar-refractivity contribution in [1.82, 2.24) is 10.2 Å². The van der Waals surface area contributed by atoms with E-state index in [2.05, 4.69) is 31.2 Å². The first kappa shape index (κ1) is 12.3. The van der Waals surface area contributed by atoms with Crippen LogP contribution in [0.25, 0.3) is 0 Å². The first-order chi connectivity index (χ1) is 6.58. The minimum Gasteiger partial charge on any atom is -0.329 e. The van der Waals surface area contributed by atoms with Crippen LogP contribution in [-0.4, -0.2) is 55.2 Å². The van der Waals surface area contributed by atoms with Gasteiger partial charge in [-0.2, -0.15) is 11.8 Å². The van der Waals surface area contributed by atoms with Crippen LogP contribution in [0.15, 0.2) is 0 Å². The average Bonchev–Trinajstić information content (AvgIpc) is 2.48. The van der Waals surface area contributed by atoms with Gasteiger partial charge in [0.1, 0.15) is 0 Å². The van der Waals surface area contributed by atoms with Gasteiger partial charge in [-0.3, -0.25) is 0 Å². The second kappa shape index (κ2) is 5.35. The Balaban J connectivity index is 2.31. The molecule has 0 spiro atoms. The van der Waals surface area contributed by atoms with Crippen LogP contribution in [-0.2, 0) is 0 Å². The standard InChI is InChI=1S/C10H23N3S/c1-9-6-10(7-11,8-14-9)12-4-5-13(2)3/h9,12H,4-8,11H2,1-3H3. The summed E-state index contributed by atoms with van der Waals surface area (Å²) in [5.41, 5.74) is 6.07. The highest BCUT2D eigenvalue weighted by atomic mass is 32.2. The molecule has 0 bridgehead atoms. The topological polar surface area (TPSA) is 41.3 Å². The largest absolute Gasteiger partial charge is 0.329 e. The summed E-state index contributed by atoms with van der Waals surface area (Å²) in [5.74, 6) is 1.16. The van der Waals surface area contributed by atoms with Gasteiger partial charge < -0.3 is 16.0 Å². The van der Waals surface area contributed by atoms with Crippen LogP contribution in [0.2, 0.25) is 0 Å². The predicted molar refractivity (Wildman–Crippen MR) is 64.9 cm³/mol. The molecule has 3 N–H and O–H groups in total. The third-order valence-electron chi connectivity index (χ3n) is 2.77. The monoisotopic (exact) mass is 217 g/mol. The van der Waals surface area contributed by atoms with Crippen molar-refractivity contribution in [2.45, 2.75) is 24.1 Å². The predicted octanol–water partition coefficient (Wildman–Crippen LogP) is 0.361. The van der Waals surface area contributed by atoms with E-state index in [1.807, 2.05) is 11.8 Å². The minimum atomic E-state index is 0.208. The maximum absolute atomic E-state index is 5.86. The highest BCUT2D eigenvalue weighted by Gasteiger charge is 2.36. The van der Waals surface area contributed by atoms with Gasteiger partial charge in [0.25, 0.3) is 0 Å². The van der Waals surface area contributed by atoms with Gasteiger partial charge in [-0.1, -0.05) is 6.92 Å². The van der Waals surface area contributed by atoms with Gasteiger partial charge in [-0.15, -0.1) is 0 Å². The summed E-state index contributed by atoms with van der Waals surface area (Å²) in [6.45, 7) is 5.17. The highest BCUT2D eigenvalue weighted by molar-refractivity contribution is 8.00. The maximum atomic E-state index is 5.86. The molecule has 0 aromatic rings. The summed E-state index contributed by atoms with van der Waals surface area (Å²) in [5, 5.41) is 4.37. The molecule has 2 unspecified atom stereocenters. The molecule has 1 rings (SSSR count). The van der Waals surface area contributed by atoms with Crippen LogP contribution in [0, 0.1) is 0 Å². The molecule has 1 aliphatic rings. The molecule has 3 nitrogen and oxygen atoms in total. The second-order valence-corrected chi connectivity index (χ2v) is 5.97. The first-order valence-electron chi connectivity index (χ1n) is 5.29. The number of nitrogens with zero attached hydrogens (tertiary/aromatic N) is 1. The molecule has 4 heteroatoms. The molecule has 0 saturated carbocycles. The molecular formula is C10H23N3S. The van der Waals surface area contributed by atoms with Crippen molar-refractivity contribution in [3.05, 3.63) is 0 Å². The van der Waals surface area contributed by atoms with Crippen LogP contribution < -0.4 is 11.1 Å². The number of likely N-dealkylation sites (N-methyl/N-ethyl adjacent to an activating group) is 1. The fourth-order valence-corrected chi connectivity index (χ4v) is 3.23. The van der Waals surface area contributed by atoms with Crippen molar-refractivity contribution in [2.75, 3.05) is 39.5 Å². The fourth-order valence-electron chi connectivity index (χ4n) is 1.85. The summed E-state index contributed by atoms with van der Waals surface area (Å²) in [6.07, 6.45) is 1.21. The van der Waals surface area contributed by atoms with Crippen molar-refractivity contribution in [1.29, 1.82) is 0 Å². The summed E-state index contributed by atoms with van der Waals surface area (Å²) < 4.78 is 0. The van der Waals surface area contributed by atoms with Gasteiger partial charge >= 0.3 is 0 Å². The molecule has 0 aromatic carbocycles. The van der Waals surface area contributed by atoms with Gasteiger partial charge in [0.15, 0.2) is 0 Å². The van der Waals surface area contributed by atoms with Crippen LogP contribution in [0.1, 0.15) is 13.3 Å². The molecule has 1 saturated heterocycles. The zero-order chi connectivity index (χ0) is 10.6. The Morgan fingerprint density at radius 3 is 2.71 bits per heavy atom. The third kappa shape index (κ3) is 3.42. The van der Waals surface area contributed by atoms with E-state index in [4.69, 9.17) is 5.73 Å². The molecule has 0 amide bonds. The number of thioether (sulfide) groups is 1. The lowest BCUT2D eigenvalue weighted by molar-refractivity contribution is 0.324. The van der Waals surface area contributed by atoms with Gasteiger partial charge in [0.05, 0.1) is 0 Å². The molecule has 14 heavy (non-hydrogen) atoms. The van der Waals surface area contributed by atoms with E-state index in [9.17, 15) is 0 Å². The number of nitrogens with one attached hydrogen (secondary N) is 1. The van der Waals surface area contributed by atoms with Crippen LogP contribution >= 0.6 is 11.8 Å². The van der Waals surface area contributed by atoms with Crippen LogP contribution in [0.3, 0.4) is 0 Å². The summed E-state index contributed by atoms with van der Waals surface area (Å²) >= 11 is 2.03. The molecule has 2 atom stereocenters. The molecule has 1 heterocycles. The molecule has 0 aliphatic carbocycles. The smallest absolute Gasteiger partial charge is 0.0406 e. The zero-order valence-corrected chi connectivity index (χ0v) is 10.4. The van der Waals surface area contributed by atoms with E-state index in [1.54, 1.807) is 0 Å². The number of rotatable bonds is 5. The van der Waals surface area contributed by atoms with Crippen LogP contribution in [0.4, 0.5) is 0 Å². The molecular weight excluding hydrogens is 194 g/mol. The van der Waals surface area contributed by atoms with E-state index < -0.39 is 0 Å². The lowest BCUT2D eigenvalue weighted by Gasteiger charge is -2.29. The van der Waals surface area contributed by atoms with Crippen molar-refractivity contribution >= 4 is 11.8 Å². The molecule has 1 aliphatic heterocycles. The lowest BCUT2D eigenvalue weighted by Crippen LogP contribution is -2.53. The Kier molecular flexibility index (Phi) is 4.70. The van der Waals surface area contributed by atoms with E-state index in [1.165, 1.54) is 6.42 Å². The Morgan fingerprint density at radius 1 is 1.57 bits per heavy atom. The SMILES string of the molecule is CC1CC(CN)(NCCN(C)C)CS1. The Morgan fingerprint density at radius 2 is 2.29 bits per heavy atom. The van der Waals surface area contributed by atoms with E-state index >= 15 is 0 Å². The fraction of sp³-hybridized carbons (Fsp3) is 1.00. The van der Waals surface area contributed by atoms with Gasteiger partial charge in [0, 0.05) is 36.2 Å². The van der Waals surface area contributed by atoms with Crippen molar-refractivity contribution in [2.24, 2.45) is 5.73 Å². The van der Waals surface area contributed by atoms with E-state index in [0.717, 1.165) is 30.6 Å². The summed E-state index contributed by atoms with van der Waals surface area (Å²) in [7, 11) is 4.20. The molecule has 0 radical (unpaired) electrons. The Bertz CT molecular complexity index is 175. The maximum Gasteiger partial charge on any atom is 0.0406 e. The van der Waals surface area contributed by atoms with Crippen molar-refractivity contribution < 1.29 is 0 Å². The highest BCUT2D eigenvalue weighted by Crippen LogP contribution is 2.33. The Labute approximate surface area is 91.8 Å². The summed E-state index contributed by atoms with van der Waals surface area (Å²) in [6, 6.07) is 0. The van der Waals surface area contributed by atoms with Gasteiger partial charge in [-0.25, -0.2) is 0 Å². The third-order valence-corrected chi connectivity index (χ3v) is 4.23. The minimum absolute atomic E-state index is 0.208. The molecule has 0 aromatic heterocycles. The first-order valence-corrected chi connectivity index (χ1v) is 6.34. The van der Waals surface area contributed by atoms with E-state index in [-0.39, 0.29) is 5.54 Å². The van der Waals surface area contributed by atoms with Gasteiger partial charge in [-0.05, 0) is 20.5 Å². The zero-order valence-electron chi connectivity index (χ0n) is 9.55. The van der Waals surface area contributed by atoms with Crippen molar-refractivity contribution in [3.63, 3.8) is 0 Å². The number of hydrogen-bond acceptors (Lipinski definition) is 4. The average molecular weight is 217 g/mol. The summed E-state index contributed by atoms with van der Waals surface area (Å²) in [4.78, 5) is 2.20. The number of nitrogens with two attached hydrogens (primary N) is 1. The molecule has 84 valence electrons. The second-order valence-electron chi connectivity index (χ2n) is 4.54. The normalized spacial score (nSPS) is 32.8. The van der Waals surface area contributed by atoms with Crippen molar-refractivity contribution in [3.8, 4) is 0 Å². The Hall–Kier alpha value is 0.230. The number of hydrogen-bond donors (Lipinski definition) is 2. The van der Waals surface area contributed by atoms with E-state index in [0.29, 0.717) is 0 Å². The quantitative estimate of drug-likeness (QED) is 0.698. The molecule has 1 fully saturated rings.